The molecule has 1 aromatic rings. The van der Waals surface area contributed by atoms with Crippen LogP contribution in [0.1, 0.15) is 44.1 Å². The van der Waals surface area contributed by atoms with E-state index in [2.05, 4.69) is 0 Å². The predicted molar refractivity (Wildman–Crippen MR) is 90.0 cm³/mol. The van der Waals surface area contributed by atoms with Crippen molar-refractivity contribution in [2.75, 3.05) is 11.4 Å². The molecular formula is C17H24N4O3. The first kappa shape index (κ1) is 16.8. The van der Waals surface area contributed by atoms with Gasteiger partial charge in [0, 0.05) is 26.7 Å². The van der Waals surface area contributed by atoms with E-state index in [1.165, 1.54) is 30.9 Å². The van der Waals surface area contributed by atoms with Gasteiger partial charge < -0.3 is 10.0 Å². The maximum atomic E-state index is 12.4. The zero-order valence-corrected chi connectivity index (χ0v) is 14.2. The summed E-state index contributed by atoms with van der Waals surface area (Å²) in [6.45, 7) is 0.357. The van der Waals surface area contributed by atoms with Gasteiger partial charge in [-0.3, -0.25) is 13.9 Å². The van der Waals surface area contributed by atoms with Crippen LogP contribution in [0.2, 0.25) is 0 Å². The van der Waals surface area contributed by atoms with Gasteiger partial charge in [-0.05, 0) is 25.2 Å². The fraction of sp³-hybridized carbons (Fsp3) is 0.706. The van der Waals surface area contributed by atoms with Gasteiger partial charge in [-0.1, -0.05) is 19.3 Å². The summed E-state index contributed by atoms with van der Waals surface area (Å²) in [5, 5.41) is 19.7. The molecule has 0 aromatic carbocycles. The molecule has 1 aromatic heterocycles. The van der Waals surface area contributed by atoms with Gasteiger partial charge in [-0.2, -0.15) is 5.26 Å². The molecule has 2 aliphatic rings. The lowest BCUT2D eigenvalue weighted by atomic mass is 9.82. The number of nitriles is 1. The molecule has 24 heavy (non-hydrogen) atoms. The van der Waals surface area contributed by atoms with Gasteiger partial charge in [0.05, 0.1) is 6.10 Å². The lowest BCUT2D eigenvalue weighted by Crippen LogP contribution is -2.45. The quantitative estimate of drug-likeness (QED) is 0.850. The summed E-state index contributed by atoms with van der Waals surface area (Å²) in [6.07, 6.45) is 5.89. The Morgan fingerprint density at radius 2 is 1.79 bits per heavy atom. The first-order chi connectivity index (χ1) is 11.5. The number of aliphatic hydroxyl groups excluding tert-OH is 1. The van der Waals surface area contributed by atoms with Crippen LogP contribution in [0.15, 0.2) is 9.59 Å². The first-order valence-electron chi connectivity index (χ1n) is 8.60. The van der Waals surface area contributed by atoms with E-state index in [1.54, 1.807) is 7.05 Å². The van der Waals surface area contributed by atoms with Crippen molar-refractivity contribution in [1.29, 1.82) is 5.26 Å². The normalized spacial score (nSPS) is 25.0. The maximum absolute atomic E-state index is 12.4. The lowest BCUT2D eigenvalue weighted by Gasteiger charge is -2.36. The number of rotatable bonds is 2. The maximum Gasteiger partial charge on any atom is 0.332 e. The minimum absolute atomic E-state index is 0.0190. The van der Waals surface area contributed by atoms with Crippen molar-refractivity contribution in [2.45, 2.75) is 50.7 Å². The highest BCUT2D eigenvalue weighted by Crippen LogP contribution is 2.37. The zero-order chi connectivity index (χ0) is 17.4. The summed E-state index contributed by atoms with van der Waals surface area (Å²) in [4.78, 5) is 26.6. The summed E-state index contributed by atoms with van der Waals surface area (Å²) in [7, 11) is 2.97. The summed E-state index contributed by atoms with van der Waals surface area (Å²) < 4.78 is 2.33. The van der Waals surface area contributed by atoms with Crippen molar-refractivity contribution in [3.63, 3.8) is 0 Å². The van der Waals surface area contributed by atoms with Crippen molar-refractivity contribution in [3.05, 3.63) is 26.4 Å². The van der Waals surface area contributed by atoms with Crippen LogP contribution in [0.4, 0.5) is 5.82 Å². The van der Waals surface area contributed by atoms with Crippen LogP contribution in [0.25, 0.3) is 0 Å². The Labute approximate surface area is 140 Å². The Kier molecular flexibility index (Phi) is 4.50. The van der Waals surface area contributed by atoms with E-state index in [4.69, 9.17) is 0 Å². The van der Waals surface area contributed by atoms with Gasteiger partial charge in [-0.15, -0.1) is 0 Å². The molecule has 7 nitrogen and oxygen atoms in total. The van der Waals surface area contributed by atoms with Crippen molar-refractivity contribution < 1.29 is 5.11 Å². The fourth-order valence-corrected chi connectivity index (χ4v) is 4.32. The molecule has 2 atom stereocenters. The molecule has 0 spiro atoms. The zero-order valence-electron chi connectivity index (χ0n) is 14.2. The van der Waals surface area contributed by atoms with E-state index < -0.39 is 17.4 Å². The lowest BCUT2D eigenvalue weighted by molar-refractivity contribution is 0.185. The number of anilines is 1. The molecule has 130 valence electrons. The van der Waals surface area contributed by atoms with Crippen LogP contribution in [0.5, 0.6) is 0 Å². The molecule has 0 bridgehead atoms. The monoisotopic (exact) mass is 332 g/mol. The predicted octanol–water partition coefficient (Wildman–Crippen LogP) is 0.476. The smallest absolute Gasteiger partial charge is 0.332 e. The fourth-order valence-electron chi connectivity index (χ4n) is 4.32. The van der Waals surface area contributed by atoms with Crippen LogP contribution in [-0.2, 0) is 14.1 Å². The highest BCUT2D eigenvalue weighted by molar-refractivity contribution is 5.55. The Balaban J connectivity index is 2.11. The van der Waals surface area contributed by atoms with Gasteiger partial charge in [0.1, 0.15) is 11.9 Å². The molecule has 1 aliphatic heterocycles. The van der Waals surface area contributed by atoms with Crippen LogP contribution < -0.4 is 16.1 Å². The van der Waals surface area contributed by atoms with Gasteiger partial charge in [0.15, 0.2) is 5.56 Å². The molecule has 1 N–H and O–H groups in total. The van der Waals surface area contributed by atoms with E-state index in [1.807, 2.05) is 11.0 Å². The standard InChI is InChI=1S/C17H24N4O3/c1-19-15(13(9-18)16(23)20(2)17(19)24)21-10-12(22)8-14(21)11-6-4-3-5-7-11/h11-12,14,22H,3-8,10H2,1-2H3/t12-,14-/m0/s1. The number of nitrogens with zero attached hydrogens (tertiary/aromatic N) is 4. The number of hydrogen-bond donors (Lipinski definition) is 1. The number of β-amino-alcohol motifs (C(OH)–C–C–N with tert-alkyl or cyclic N) is 1. The molecule has 0 radical (unpaired) electrons. The SMILES string of the molecule is Cn1c(N2C[C@@H](O)C[C@H]2C2CCCCC2)c(C#N)c(=O)n(C)c1=O. The van der Waals surface area contributed by atoms with Gasteiger partial charge in [0.2, 0.25) is 0 Å². The largest absolute Gasteiger partial charge is 0.391 e. The van der Waals surface area contributed by atoms with Gasteiger partial charge in [0.25, 0.3) is 5.56 Å². The van der Waals surface area contributed by atoms with E-state index in [0.29, 0.717) is 24.7 Å². The highest BCUT2D eigenvalue weighted by Gasteiger charge is 2.39. The highest BCUT2D eigenvalue weighted by atomic mass is 16.3. The molecule has 2 fully saturated rings. The van der Waals surface area contributed by atoms with Crippen LogP contribution in [-0.4, -0.2) is 32.9 Å². The van der Waals surface area contributed by atoms with Crippen molar-refractivity contribution in [2.24, 2.45) is 20.0 Å². The van der Waals surface area contributed by atoms with E-state index in [9.17, 15) is 20.0 Å². The molecule has 3 rings (SSSR count). The number of hydrogen-bond acceptors (Lipinski definition) is 5. The van der Waals surface area contributed by atoms with E-state index >= 15 is 0 Å². The summed E-state index contributed by atoms with van der Waals surface area (Å²) in [5.41, 5.74) is -1.04. The Bertz CT molecular complexity index is 783. The van der Waals surface area contributed by atoms with Crippen molar-refractivity contribution in [1.82, 2.24) is 9.13 Å². The Morgan fingerprint density at radius 1 is 1.12 bits per heavy atom. The summed E-state index contributed by atoms with van der Waals surface area (Å²) in [6, 6.07) is 2.05. The molecule has 2 heterocycles. The van der Waals surface area contributed by atoms with Crippen molar-refractivity contribution in [3.8, 4) is 6.07 Å². The molecule has 1 saturated heterocycles. The number of aliphatic hydroxyl groups is 1. The van der Waals surface area contributed by atoms with E-state index in [0.717, 1.165) is 17.4 Å². The number of aromatic nitrogens is 2. The van der Waals surface area contributed by atoms with E-state index in [-0.39, 0.29) is 11.6 Å². The molecule has 7 heteroatoms. The second-order valence-corrected chi connectivity index (χ2v) is 7.02. The minimum Gasteiger partial charge on any atom is -0.391 e. The Hall–Kier alpha value is -2.07. The Morgan fingerprint density at radius 3 is 2.42 bits per heavy atom. The third-order valence-electron chi connectivity index (χ3n) is 5.53. The third-order valence-corrected chi connectivity index (χ3v) is 5.53. The average Bonchev–Trinajstić information content (AvgIpc) is 2.98. The molecule has 0 unspecified atom stereocenters. The van der Waals surface area contributed by atoms with Gasteiger partial charge in [-0.25, -0.2) is 4.79 Å². The average molecular weight is 332 g/mol. The summed E-state index contributed by atoms with van der Waals surface area (Å²) >= 11 is 0. The second-order valence-electron chi connectivity index (χ2n) is 7.02. The van der Waals surface area contributed by atoms with Gasteiger partial charge >= 0.3 is 5.69 Å². The second kappa shape index (κ2) is 6.44. The van der Waals surface area contributed by atoms with Crippen LogP contribution in [0.3, 0.4) is 0 Å². The van der Waals surface area contributed by atoms with Crippen LogP contribution >= 0.6 is 0 Å². The molecule has 0 amide bonds. The molecule has 1 aliphatic carbocycles. The molecule has 1 saturated carbocycles. The molecular weight excluding hydrogens is 308 g/mol. The third kappa shape index (κ3) is 2.65. The first-order valence-corrected chi connectivity index (χ1v) is 8.60. The summed E-state index contributed by atoms with van der Waals surface area (Å²) in [5.74, 6) is 0.791. The topological polar surface area (TPSA) is 91.3 Å². The van der Waals surface area contributed by atoms with Crippen LogP contribution in [0, 0.1) is 17.2 Å². The minimum atomic E-state index is -0.570. The van der Waals surface area contributed by atoms with Crippen molar-refractivity contribution >= 4 is 5.82 Å².